The number of hydrogen-bond donors (Lipinski definition) is 1. The normalized spacial score (nSPS) is 47.3. The van der Waals surface area contributed by atoms with Crippen LogP contribution in [-0.4, -0.2) is 41.2 Å². The molecular formula is C11H21BNOS. The Morgan fingerprint density at radius 1 is 1.40 bits per heavy atom. The molecule has 2 rings (SSSR count). The molecule has 1 saturated heterocycles. The molecule has 1 N–H and O–H groups in total. The summed E-state index contributed by atoms with van der Waals surface area (Å²) in [6.45, 7) is 4.56. The fourth-order valence-corrected chi connectivity index (χ4v) is 4.21. The molecule has 0 amide bonds. The molecule has 2 aliphatic rings. The monoisotopic (exact) mass is 226 g/mol. The first-order valence-electron chi connectivity index (χ1n) is 5.92. The minimum absolute atomic E-state index is 0.269. The van der Waals surface area contributed by atoms with Crippen LogP contribution >= 0.6 is 11.8 Å². The van der Waals surface area contributed by atoms with Crippen LogP contribution in [0.4, 0.5) is 0 Å². The number of aliphatic hydroxyl groups is 1. The van der Waals surface area contributed by atoms with Gasteiger partial charge in [0.2, 0.25) is 0 Å². The van der Waals surface area contributed by atoms with Crippen molar-refractivity contribution in [1.82, 2.24) is 4.90 Å². The molecule has 0 bridgehead atoms. The first kappa shape index (κ1) is 11.8. The predicted molar refractivity (Wildman–Crippen MR) is 67.4 cm³/mol. The van der Waals surface area contributed by atoms with Crippen molar-refractivity contribution >= 4 is 19.0 Å². The zero-order valence-electron chi connectivity index (χ0n) is 9.94. The fraction of sp³-hybridized carbons (Fsp3) is 1.00. The van der Waals surface area contributed by atoms with Gasteiger partial charge in [-0.3, -0.25) is 4.90 Å². The fourth-order valence-electron chi connectivity index (χ4n) is 2.78. The Balaban J connectivity index is 2.05. The lowest BCUT2D eigenvalue weighted by molar-refractivity contribution is 0.0762. The summed E-state index contributed by atoms with van der Waals surface area (Å²) in [4.78, 5) is 2.15. The molecule has 0 aromatic rings. The molecule has 4 unspecified atom stereocenters. The third kappa shape index (κ3) is 2.22. The minimum Gasteiger partial charge on any atom is -0.369 e. The molecule has 4 atom stereocenters. The van der Waals surface area contributed by atoms with E-state index in [9.17, 15) is 5.11 Å². The number of aliphatic hydroxyl groups excluding tert-OH is 1. The Hall–Kier alpha value is 0.335. The summed E-state index contributed by atoms with van der Waals surface area (Å²) in [5.74, 6) is 0. The van der Waals surface area contributed by atoms with Crippen LogP contribution < -0.4 is 0 Å². The van der Waals surface area contributed by atoms with Gasteiger partial charge < -0.3 is 5.11 Å². The zero-order chi connectivity index (χ0) is 11.1. The van der Waals surface area contributed by atoms with Crippen LogP contribution in [0.2, 0.25) is 12.1 Å². The Labute approximate surface area is 98.0 Å². The van der Waals surface area contributed by atoms with Gasteiger partial charge in [0.05, 0.1) is 0 Å². The highest BCUT2D eigenvalue weighted by atomic mass is 32.2. The molecule has 2 fully saturated rings. The molecule has 1 aliphatic heterocycles. The highest BCUT2D eigenvalue weighted by molar-refractivity contribution is 8.00. The van der Waals surface area contributed by atoms with Gasteiger partial charge in [-0.25, -0.2) is 0 Å². The first-order chi connectivity index (χ1) is 7.06. The van der Waals surface area contributed by atoms with Crippen molar-refractivity contribution in [1.29, 1.82) is 0 Å². The number of fused-ring (bicyclic) bond motifs is 1. The Bertz CT molecular complexity index is 241. The molecule has 1 radical (unpaired) electrons. The summed E-state index contributed by atoms with van der Waals surface area (Å²) in [6, 6.07) is 0.590. The largest absolute Gasteiger partial charge is 0.369 e. The van der Waals surface area contributed by atoms with E-state index in [0.717, 1.165) is 0 Å². The van der Waals surface area contributed by atoms with Gasteiger partial charge in [0.25, 0.3) is 0 Å². The maximum Gasteiger partial charge on any atom is 0.155 e. The zero-order valence-corrected chi connectivity index (χ0v) is 10.8. The van der Waals surface area contributed by atoms with Crippen LogP contribution in [0.15, 0.2) is 0 Å². The molecule has 0 aromatic carbocycles. The van der Waals surface area contributed by atoms with Crippen molar-refractivity contribution in [2.75, 3.05) is 7.05 Å². The molecule has 2 nitrogen and oxygen atoms in total. The predicted octanol–water partition coefficient (Wildman–Crippen LogP) is 2.18. The standard InChI is InChI=1S/C11H21BNOS/c1-11(12-2)6-4-8-9(5-7-11)15-10(14)13(8)3/h8-10,14H,4-7H2,1-3H3. The first-order valence-corrected chi connectivity index (χ1v) is 6.86. The molecule has 1 aliphatic carbocycles. The van der Waals surface area contributed by atoms with E-state index in [1.165, 1.54) is 25.7 Å². The average molecular weight is 226 g/mol. The van der Waals surface area contributed by atoms with E-state index in [-0.39, 0.29) is 5.56 Å². The summed E-state index contributed by atoms with van der Waals surface area (Å²) in [5, 5.41) is 10.9. The maximum absolute atomic E-state index is 9.79. The van der Waals surface area contributed by atoms with Crippen molar-refractivity contribution in [3.8, 4) is 0 Å². The molecular weight excluding hydrogens is 205 g/mol. The van der Waals surface area contributed by atoms with E-state index in [2.05, 4.69) is 33.0 Å². The lowest BCUT2D eigenvalue weighted by atomic mass is 9.52. The third-order valence-electron chi connectivity index (χ3n) is 4.31. The van der Waals surface area contributed by atoms with E-state index < -0.39 is 0 Å². The lowest BCUT2D eigenvalue weighted by Gasteiger charge is -2.27. The van der Waals surface area contributed by atoms with Crippen LogP contribution in [0, 0.1) is 0 Å². The Morgan fingerprint density at radius 2 is 2.07 bits per heavy atom. The van der Waals surface area contributed by atoms with Crippen LogP contribution in [0.5, 0.6) is 0 Å². The quantitative estimate of drug-likeness (QED) is 0.693. The van der Waals surface area contributed by atoms with Crippen molar-refractivity contribution in [3.63, 3.8) is 0 Å². The molecule has 85 valence electrons. The third-order valence-corrected chi connectivity index (χ3v) is 5.78. The topological polar surface area (TPSA) is 23.5 Å². The summed E-state index contributed by atoms with van der Waals surface area (Å²) >= 11 is 1.75. The van der Waals surface area contributed by atoms with Gasteiger partial charge in [0, 0.05) is 11.3 Å². The van der Waals surface area contributed by atoms with E-state index in [0.29, 0.717) is 16.6 Å². The van der Waals surface area contributed by atoms with E-state index >= 15 is 0 Å². The van der Waals surface area contributed by atoms with Crippen molar-refractivity contribution in [3.05, 3.63) is 0 Å². The maximum atomic E-state index is 9.79. The molecule has 15 heavy (non-hydrogen) atoms. The number of nitrogens with zero attached hydrogens (tertiary/aromatic N) is 1. The molecule has 1 saturated carbocycles. The second kappa shape index (κ2) is 4.30. The SMILES string of the molecule is C[B]C1(C)CCC2SC(O)N(C)C2CC1. The highest BCUT2D eigenvalue weighted by Crippen LogP contribution is 2.47. The van der Waals surface area contributed by atoms with Gasteiger partial charge in [-0.15, -0.1) is 11.8 Å². The van der Waals surface area contributed by atoms with Crippen molar-refractivity contribution in [2.45, 2.75) is 61.6 Å². The Kier molecular flexibility index (Phi) is 3.39. The molecule has 1 heterocycles. The molecule has 4 heteroatoms. The van der Waals surface area contributed by atoms with E-state index in [1.807, 2.05) is 0 Å². The van der Waals surface area contributed by atoms with Crippen molar-refractivity contribution < 1.29 is 5.11 Å². The number of thioether (sulfide) groups is 1. The van der Waals surface area contributed by atoms with Gasteiger partial charge in [0.1, 0.15) is 7.28 Å². The lowest BCUT2D eigenvalue weighted by Crippen LogP contribution is -2.34. The van der Waals surface area contributed by atoms with Crippen molar-refractivity contribution in [2.24, 2.45) is 0 Å². The van der Waals surface area contributed by atoms with Gasteiger partial charge in [-0.1, -0.05) is 31.9 Å². The van der Waals surface area contributed by atoms with Crippen LogP contribution in [0.3, 0.4) is 0 Å². The molecule has 0 aromatic heterocycles. The Morgan fingerprint density at radius 3 is 2.73 bits per heavy atom. The summed E-state index contributed by atoms with van der Waals surface area (Å²) in [6.07, 6.45) is 5.02. The van der Waals surface area contributed by atoms with Crippen LogP contribution in [-0.2, 0) is 0 Å². The second-order valence-electron chi connectivity index (χ2n) is 5.25. The molecule has 0 spiro atoms. The van der Waals surface area contributed by atoms with E-state index in [1.54, 1.807) is 11.8 Å². The second-order valence-corrected chi connectivity index (χ2v) is 6.55. The highest BCUT2D eigenvalue weighted by Gasteiger charge is 2.42. The smallest absolute Gasteiger partial charge is 0.155 e. The van der Waals surface area contributed by atoms with E-state index in [4.69, 9.17) is 0 Å². The van der Waals surface area contributed by atoms with Crippen LogP contribution in [0.1, 0.15) is 32.6 Å². The number of hydrogen-bond acceptors (Lipinski definition) is 3. The van der Waals surface area contributed by atoms with Gasteiger partial charge >= 0.3 is 0 Å². The summed E-state index contributed by atoms with van der Waals surface area (Å²) in [5.41, 5.74) is -0.269. The van der Waals surface area contributed by atoms with Gasteiger partial charge in [0.15, 0.2) is 5.56 Å². The number of rotatable bonds is 1. The average Bonchev–Trinajstić information content (AvgIpc) is 2.40. The summed E-state index contributed by atoms with van der Waals surface area (Å²) < 4.78 is 0. The minimum atomic E-state index is -0.269. The summed E-state index contributed by atoms with van der Waals surface area (Å²) in [7, 11) is 4.43. The van der Waals surface area contributed by atoms with Gasteiger partial charge in [-0.05, 0) is 19.9 Å². The van der Waals surface area contributed by atoms with Gasteiger partial charge in [-0.2, -0.15) is 0 Å². The van der Waals surface area contributed by atoms with Crippen LogP contribution in [0.25, 0.3) is 0 Å².